The van der Waals surface area contributed by atoms with E-state index in [4.69, 9.17) is 19.9 Å². The molecule has 0 aliphatic heterocycles. The zero-order valence-electron chi connectivity index (χ0n) is 23.4. The van der Waals surface area contributed by atoms with Gasteiger partial charge < -0.3 is 24.5 Å². The fourth-order valence-electron chi connectivity index (χ4n) is 3.57. The van der Waals surface area contributed by atoms with Gasteiger partial charge in [0.15, 0.2) is 11.5 Å². The van der Waals surface area contributed by atoms with Gasteiger partial charge >= 0.3 is 11.9 Å². The van der Waals surface area contributed by atoms with E-state index < -0.39 is 37.1 Å². The number of fused-ring (bicyclic) bond motifs is 1. The van der Waals surface area contributed by atoms with Gasteiger partial charge in [-0.1, -0.05) is 19.8 Å². The highest BCUT2D eigenvalue weighted by molar-refractivity contribution is 7.59. The molecule has 2 heterocycles. The average Bonchev–Trinajstić information content (AvgIpc) is 3.23. The Balaban J connectivity index is 2.14. The number of nitrogens with two attached hydrogens (primary N) is 1. The number of unbranched alkanes of at least 4 members (excludes halogenated alkanes) is 2. The number of nitrogens with one attached hydrogen (secondary N) is 2. The van der Waals surface area contributed by atoms with E-state index in [9.17, 15) is 14.2 Å². The van der Waals surface area contributed by atoms with Crippen LogP contribution in [0.4, 0.5) is 5.82 Å². The summed E-state index contributed by atoms with van der Waals surface area (Å²) in [5.41, 5.74) is 5.55. The number of carbonyl (C=O) groups is 2. The first-order chi connectivity index (χ1) is 17.8. The maximum absolute atomic E-state index is 14.1. The van der Waals surface area contributed by atoms with E-state index in [1.54, 1.807) is 52.4 Å². The monoisotopic (exact) mass is 555 g/mol. The van der Waals surface area contributed by atoms with Crippen LogP contribution in [-0.2, 0) is 34.9 Å². The molecule has 13 nitrogen and oxygen atoms in total. The van der Waals surface area contributed by atoms with Crippen LogP contribution < -0.4 is 15.9 Å². The molecule has 2 unspecified atom stereocenters. The van der Waals surface area contributed by atoms with E-state index in [2.05, 4.69) is 32.1 Å². The van der Waals surface area contributed by atoms with Crippen LogP contribution in [0.2, 0.25) is 0 Å². The molecule has 0 bridgehead atoms. The molecular weight excluding hydrogens is 513 g/mol. The van der Waals surface area contributed by atoms with Crippen LogP contribution >= 0.6 is 7.44 Å². The summed E-state index contributed by atoms with van der Waals surface area (Å²) in [4.78, 5) is 37.6. The molecule has 0 aliphatic carbocycles. The highest BCUT2D eigenvalue weighted by Crippen LogP contribution is 2.40. The molecule has 0 radical (unpaired) electrons. The zero-order chi connectivity index (χ0) is 28.5. The van der Waals surface area contributed by atoms with Crippen molar-refractivity contribution in [1.29, 1.82) is 0 Å². The third kappa shape index (κ3) is 9.30. The highest BCUT2D eigenvalue weighted by atomic mass is 31.2. The van der Waals surface area contributed by atoms with E-state index in [1.165, 1.54) is 6.33 Å². The number of nitrogen functional groups attached to an aromatic ring is 1. The van der Waals surface area contributed by atoms with Gasteiger partial charge in [-0.2, -0.15) is 0 Å². The number of hydrogen-bond donors (Lipinski definition) is 3. The van der Waals surface area contributed by atoms with E-state index >= 15 is 0 Å². The van der Waals surface area contributed by atoms with E-state index in [0.29, 0.717) is 17.7 Å². The second-order valence-electron chi connectivity index (χ2n) is 10.1. The molecule has 0 fully saturated rings. The van der Waals surface area contributed by atoms with Crippen molar-refractivity contribution in [3.05, 3.63) is 12.7 Å². The minimum Gasteiger partial charge on any atom is -0.465 e. The molecule has 2 aromatic rings. The molecule has 2 aromatic heterocycles. The maximum atomic E-state index is 14.1. The van der Waals surface area contributed by atoms with Gasteiger partial charge in [0, 0.05) is 0 Å². The second-order valence-corrected chi connectivity index (χ2v) is 12.3. The van der Waals surface area contributed by atoms with Crippen molar-refractivity contribution in [2.24, 2.45) is 0 Å². The number of nitrogens with zero attached hydrogens (tertiary/aromatic N) is 4. The smallest absolute Gasteiger partial charge is 0.326 e. The standard InChI is InChI=1S/C24H42N7O6P/c1-8-9-10-11-35-22(32)18(5)29-38(34,30-24(6,7)23(33)37-16(2)3)15-36-17(4)12-31-14-28-19-20(25)26-13-27-21(19)31/h13-14,16-18H,8-12,15H2,1-7H3,(H2,25,26,27)(H2,29,30,34)/t17-,18?,38?/m1/s1. The second kappa shape index (κ2) is 14.0. The number of ether oxygens (including phenoxy) is 3. The minimum atomic E-state index is -3.69. The van der Waals surface area contributed by atoms with Crippen molar-refractivity contribution in [3.8, 4) is 0 Å². The summed E-state index contributed by atoms with van der Waals surface area (Å²) in [6.45, 7) is 12.6. The average molecular weight is 556 g/mol. The molecule has 0 aromatic carbocycles. The molecule has 4 N–H and O–H groups in total. The van der Waals surface area contributed by atoms with Crippen molar-refractivity contribution in [2.45, 2.75) is 98.1 Å². The molecule has 0 saturated carbocycles. The summed E-state index contributed by atoms with van der Waals surface area (Å²) < 4.78 is 32.4. The SMILES string of the molecule is CCCCCOC(=O)C(C)NP(=O)(CO[C@H](C)Cn1cnc2c(N)ncnc21)NC(C)(C)C(=O)OC(C)C. The molecule has 3 atom stereocenters. The van der Waals surface area contributed by atoms with Crippen molar-refractivity contribution in [3.63, 3.8) is 0 Å². The van der Waals surface area contributed by atoms with Crippen LogP contribution in [0, 0.1) is 0 Å². The normalized spacial score (nSPS) is 15.3. The van der Waals surface area contributed by atoms with Crippen molar-refractivity contribution in [1.82, 2.24) is 29.7 Å². The fourth-order valence-corrected chi connectivity index (χ4v) is 5.96. The van der Waals surface area contributed by atoms with Crippen LogP contribution in [0.1, 0.15) is 67.7 Å². The lowest BCUT2D eigenvalue weighted by Gasteiger charge is -2.32. The van der Waals surface area contributed by atoms with Crippen molar-refractivity contribution >= 4 is 36.4 Å². The lowest BCUT2D eigenvalue weighted by Crippen LogP contribution is -2.50. The number of rotatable bonds is 16. The maximum Gasteiger partial charge on any atom is 0.326 e. The molecule has 0 aliphatic rings. The lowest BCUT2D eigenvalue weighted by molar-refractivity contribution is -0.153. The van der Waals surface area contributed by atoms with Crippen LogP contribution in [-0.4, -0.2) is 68.2 Å². The Kier molecular flexibility index (Phi) is 11.6. The number of aromatic nitrogens is 4. The van der Waals surface area contributed by atoms with Crippen molar-refractivity contribution in [2.75, 3.05) is 18.7 Å². The number of hydrogen-bond acceptors (Lipinski definition) is 10. The topological polar surface area (TPSA) is 173 Å². The van der Waals surface area contributed by atoms with Gasteiger partial charge in [-0.3, -0.25) is 14.2 Å². The summed E-state index contributed by atoms with van der Waals surface area (Å²) in [5, 5.41) is 5.70. The molecular formula is C24H42N7O6P. The Morgan fingerprint density at radius 3 is 2.53 bits per heavy atom. The Labute approximate surface area is 224 Å². The molecule has 214 valence electrons. The Bertz CT molecular complexity index is 1120. The molecule has 0 spiro atoms. The lowest BCUT2D eigenvalue weighted by atomic mass is 10.1. The third-order valence-electron chi connectivity index (χ3n) is 5.49. The van der Waals surface area contributed by atoms with E-state index in [0.717, 1.165) is 19.3 Å². The Morgan fingerprint density at radius 2 is 1.87 bits per heavy atom. The van der Waals surface area contributed by atoms with Crippen LogP contribution in [0.15, 0.2) is 12.7 Å². The van der Waals surface area contributed by atoms with Gasteiger partial charge in [-0.15, -0.1) is 0 Å². The predicted molar refractivity (Wildman–Crippen MR) is 144 cm³/mol. The fraction of sp³-hybridized carbons (Fsp3) is 0.708. The number of esters is 2. The largest absolute Gasteiger partial charge is 0.465 e. The summed E-state index contributed by atoms with van der Waals surface area (Å²) in [7, 11) is -3.69. The van der Waals surface area contributed by atoms with Gasteiger partial charge in [-0.25, -0.2) is 25.1 Å². The quantitative estimate of drug-likeness (QED) is 0.157. The molecule has 0 amide bonds. The highest BCUT2D eigenvalue weighted by Gasteiger charge is 2.39. The van der Waals surface area contributed by atoms with Gasteiger partial charge in [0.25, 0.3) is 0 Å². The minimum absolute atomic E-state index is 0.270. The van der Waals surface area contributed by atoms with Crippen molar-refractivity contribution < 1.29 is 28.4 Å². The summed E-state index contributed by atoms with van der Waals surface area (Å²) in [5.74, 6) is -0.855. The van der Waals surface area contributed by atoms with Gasteiger partial charge in [-0.05, 0) is 48.0 Å². The molecule has 38 heavy (non-hydrogen) atoms. The van der Waals surface area contributed by atoms with Gasteiger partial charge in [0.05, 0.1) is 31.7 Å². The number of carbonyl (C=O) groups excluding carboxylic acids is 2. The Hall–Kier alpha value is -2.60. The van der Waals surface area contributed by atoms with Gasteiger partial charge in [0.2, 0.25) is 7.44 Å². The third-order valence-corrected chi connectivity index (χ3v) is 7.72. The summed E-state index contributed by atoms with van der Waals surface area (Å²) in [6, 6.07) is -0.914. The molecule has 2 rings (SSSR count). The summed E-state index contributed by atoms with van der Waals surface area (Å²) in [6.07, 6.45) is 4.50. The van der Waals surface area contributed by atoms with Crippen LogP contribution in [0.25, 0.3) is 11.2 Å². The first-order valence-electron chi connectivity index (χ1n) is 12.8. The molecule has 14 heteroatoms. The predicted octanol–water partition coefficient (Wildman–Crippen LogP) is 3.00. The zero-order valence-corrected chi connectivity index (χ0v) is 24.3. The van der Waals surface area contributed by atoms with Crippen LogP contribution in [0.5, 0.6) is 0 Å². The number of anilines is 1. The van der Waals surface area contributed by atoms with Gasteiger partial charge in [0.1, 0.15) is 29.8 Å². The van der Waals surface area contributed by atoms with E-state index in [1.807, 2.05) is 0 Å². The summed E-state index contributed by atoms with van der Waals surface area (Å²) >= 11 is 0. The van der Waals surface area contributed by atoms with E-state index in [-0.39, 0.29) is 24.9 Å². The molecule has 0 saturated heterocycles. The first kappa shape index (κ1) is 31.6. The first-order valence-corrected chi connectivity index (χ1v) is 14.7. The number of imidazole rings is 1. The Morgan fingerprint density at radius 1 is 1.16 bits per heavy atom. The van der Waals surface area contributed by atoms with Crippen LogP contribution in [0.3, 0.4) is 0 Å².